The van der Waals surface area contributed by atoms with Gasteiger partial charge < -0.3 is 5.73 Å². The number of nitrogens with zero attached hydrogens (tertiary/aromatic N) is 2. The summed E-state index contributed by atoms with van der Waals surface area (Å²) in [7, 11) is 0. The van der Waals surface area contributed by atoms with Gasteiger partial charge in [-0.3, -0.25) is 5.41 Å². The van der Waals surface area contributed by atoms with Crippen molar-refractivity contribution < 1.29 is 0 Å². The standard InChI is InChI=1S/C9H10N4/c1-6-2-3-13-8(4-6)7(5-12-13)9(10)11/h2-5H,1H3,(H3,10,11). The van der Waals surface area contributed by atoms with Crippen LogP contribution in [0, 0.1) is 12.3 Å². The lowest BCUT2D eigenvalue weighted by Crippen LogP contribution is -2.10. The molecule has 66 valence electrons. The summed E-state index contributed by atoms with van der Waals surface area (Å²) in [5, 5.41) is 11.4. The molecular formula is C9H10N4. The molecule has 2 heterocycles. The van der Waals surface area contributed by atoms with Crippen LogP contribution < -0.4 is 5.73 Å². The van der Waals surface area contributed by atoms with Crippen LogP contribution in [-0.4, -0.2) is 15.4 Å². The van der Waals surface area contributed by atoms with E-state index in [1.54, 1.807) is 10.7 Å². The molecule has 0 amide bonds. The van der Waals surface area contributed by atoms with Crippen molar-refractivity contribution in [3.8, 4) is 0 Å². The van der Waals surface area contributed by atoms with Crippen LogP contribution in [0.3, 0.4) is 0 Å². The molecule has 4 heteroatoms. The first kappa shape index (κ1) is 7.79. The topological polar surface area (TPSA) is 67.2 Å². The molecule has 0 radical (unpaired) electrons. The summed E-state index contributed by atoms with van der Waals surface area (Å²) < 4.78 is 1.71. The smallest absolute Gasteiger partial charge is 0.126 e. The highest BCUT2D eigenvalue weighted by Crippen LogP contribution is 2.11. The first-order valence-corrected chi connectivity index (χ1v) is 3.97. The lowest BCUT2D eigenvalue weighted by molar-refractivity contribution is 0.958. The maximum Gasteiger partial charge on any atom is 0.126 e. The number of aryl methyl sites for hydroxylation is 1. The lowest BCUT2D eigenvalue weighted by atomic mass is 10.2. The Balaban J connectivity index is 2.79. The molecule has 0 aliphatic heterocycles. The maximum atomic E-state index is 7.33. The van der Waals surface area contributed by atoms with Gasteiger partial charge in [-0.25, -0.2) is 4.52 Å². The Hall–Kier alpha value is -1.84. The molecule has 0 bridgehead atoms. The van der Waals surface area contributed by atoms with Crippen LogP contribution in [0.2, 0.25) is 0 Å². The van der Waals surface area contributed by atoms with Gasteiger partial charge in [-0.1, -0.05) is 0 Å². The van der Waals surface area contributed by atoms with Gasteiger partial charge in [0.2, 0.25) is 0 Å². The van der Waals surface area contributed by atoms with Crippen LogP contribution in [0.5, 0.6) is 0 Å². The van der Waals surface area contributed by atoms with E-state index in [4.69, 9.17) is 11.1 Å². The van der Waals surface area contributed by atoms with Crippen molar-refractivity contribution in [2.45, 2.75) is 6.92 Å². The Kier molecular flexibility index (Phi) is 1.55. The number of hydrogen-bond acceptors (Lipinski definition) is 2. The van der Waals surface area contributed by atoms with E-state index in [-0.39, 0.29) is 5.84 Å². The second kappa shape index (κ2) is 2.58. The predicted molar refractivity (Wildman–Crippen MR) is 50.9 cm³/mol. The van der Waals surface area contributed by atoms with Crippen molar-refractivity contribution in [2.24, 2.45) is 5.73 Å². The van der Waals surface area contributed by atoms with Gasteiger partial charge in [-0.05, 0) is 24.6 Å². The van der Waals surface area contributed by atoms with Gasteiger partial charge >= 0.3 is 0 Å². The van der Waals surface area contributed by atoms with E-state index in [9.17, 15) is 0 Å². The third-order valence-electron chi connectivity index (χ3n) is 1.97. The van der Waals surface area contributed by atoms with Crippen LogP contribution in [-0.2, 0) is 0 Å². The summed E-state index contributed by atoms with van der Waals surface area (Å²) in [4.78, 5) is 0. The normalized spacial score (nSPS) is 10.5. The zero-order valence-electron chi connectivity index (χ0n) is 7.28. The average molecular weight is 174 g/mol. The second-order valence-electron chi connectivity index (χ2n) is 3.01. The van der Waals surface area contributed by atoms with Crippen molar-refractivity contribution in [2.75, 3.05) is 0 Å². The minimum atomic E-state index is 0.0561. The molecule has 0 aliphatic rings. The number of nitrogens with two attached hydrogens (primary N) is 1. The van der Waals surface area contributed by atoms with Gasteiger partial charge in [-0.2, -0.15) is 5.10 Å². The molecule has 0 spiro atoms. The summed E-state index contributed by atoms with van der Waals surface area (Å²) in [5.41, 5.74) is 8.10. The predicted octanol–water partition coefficient (Wildman–Crippen LogP) is 0.927. The van der Waals surface area contributed by atoms with Gasteiger partial charge in [-0.15, -0.1) is 0 Å². The van der Waals surface area contributed by atoms with E-state index in [1.165, 1.54) is 0 Å². The van der Waals surface area contributed by atoms with Gasteiger partial charge in [0.25, 0.3) is 0 Å². The van der Waals surface area contributed by atoms with E-state index < -0.39 is 0 Å². The van der Waals surface area contributed by atoms with Crippen molar-refractivity contribution in [1.29, 1.82) is 5.41 Å². The molecule has 2 aromatic heterocycles. The Bertz CT molecular complexity index is 469. The summed E-state index contributed by atoms with van der Waals surface area (Å²) in [5.74, 6) is 0.0561. The quantitative estimate of drug-likeness (QED) is 0.498. The number of pyridine rings is 1. The van der Waals surface area contributed by atoms with E-state index in [0.717, 1.165) is 11.1 Å². The van der Waals surface area contributed by atoms with Crippen LogP contribution >= 0.6 is 0 Å². The highest BCUT2D eigenvalue weighted by Gasteiger charge is 2.05. The van der Waals surface area contributed by atoms with Gasteiger partial charge in [0.1, 0.15) is 5.84 Å². The third kappa shape index (κ3) is 1.16. The van der Waals surface area contributed by atoms with E-state index in [2.05, 4.69) is 5.10 Å². The highest BCUT2D eigenvalue weighted by atomic mass is 15.2. The average Bonchev–Trinajstić information content (AvgIpc) is 2.46. The largest absolute Gasteiger partial charge is 0.384 e. The zero-order valence-corrected chi connectivity index (χ0v) is 7.28. The minimum absolute atomic E-state index is 0.0561. The van der Waals surface area contributed by atoms with Crippen molar-refractivity contribution in [1.82, 2.24) is 9.61 Å². The molecule has 3 N–H and O–H groups in total. The van der Waals surface area contributed by atoms with Crippen LogP contribution in [0.25, 0.3) is 5.52 Å². The number of aromatic nitrogens is 2. The number of rotatable bonds is 1. The lowest BCUT2D eigenvalue weighted by Gasteiger charge is -1.97. The summed E-state index contributed by atoms with van der Waals surface area (Å²) >= 11 is 0. The monoisotopic (exact) mass is 174 g/mol. The minimum Gasteiger partial charge on any atom is -0.384 e. The van der Waals surface area contributed by atoms with Crippen molar-refractivity contribution in [3.63, 3.8) is 0 Å². The van der Waals surface area contributed by atoms with E-state index in [1.807, 2.05) is 25.3 Å². The van der Waals surface area contributed by atoms with Crippen molar-refractivity contribution >= 4 is 11.4 Å². The number of fused-ring (bicyclic) bond motifs is 1. The fraction of sp³-hybridized carbons (Fsp3) is 0.111. The van der Waals surface area contributed by atoms with Gasteiger partial charge in [0.05, 0.1) is 17.3 Å². The number of nitrogen functional groups attached to an aromatic ring is 1. The Morgan fingerprint density at radius 3 is 3.08 bits per heavy atom. The maximum absolute atomic E-state index is 7.33. The van der Waals surface area contributed by atoms with E-state index in [0.29, 0.717) is 5.56 Å². The molecule has 0 aromatic carbocycles. The molecule has 2 rings (SSSR count). The molecule has 0 fully saturated rings. The van der Waals surface area contributed by atoms with Gasteiger partial charge in [0, 0.05) is 6.20 Å². The van der Waals surface area contributed by atoms with Crippen LogP contribution in [0.1, 0.15) is 11.1 Å². The first-order valence-electron chi connectivity index (χ1n) is 3.97. The molecular weight excluding hydrogens is 164 g/mol. The molecule has 0 unspecified atom stereocenters. The van der Waals surface area contributed by atoms with Crippen LogP contribution in [0.15, 0.2) is 24.5 Å². The van der Waals surface area contributed by atoms with Crippen molar-refractivity contribution in [3.05, 3.63) is 35.7 Å². The molecule has 2 aromatic rings. The number of nitrogens with one attached hydrogen (secondary N) is 1. The summed E-state index contributed by atoms with van der Waals surface area (Å²) in [6.45, 7) is 2.00. The first-order chi connectivity index (χ1) is 6.18. The summed E-state index contributed by atoms with van der Waals surface area (Å²) in [6.07, 6.45) is 3.47. The SMILES string of the molecule is Cc1ccn2ncc(C(=N)N)c2c1. The Labute approximate surface area is 75.5 Å². The molecule has 4 nitrogen and oxygen atoms in total. The number of hydrogen-bond donors (Lipinski definition) is 2. The second-order valence-corrected chi connectivity index (χ2v) is 3.01. The molecule has 0 saturated heterocycles. The number of amidine groups is 1. The third-order valence-corrected chi connectivity index (χ3v) is 1.97. The van der Waals surface area contributed by atoms with E-state index >= 15 is 0 Å². The molecule has 0 atom stereocenters. The molecule has 0 saturated carbocycles. The highest BCUT2D eigenvalue weighted by molar-refractivity contribution is 6.01. The Morgan fingerprint density at radius 2 is 2.38 bits per heavy atom. The molecule has 0 aliphatic carbocycles. The zero-order chi connectivity index (χ0) is 9.42. The fourth-order valence-electron chi connectivity index (χ4n) is 1.29. The Morgan fingerprint density at radius 1 is 1.62 bits per heavy atom. The van der Waals surface area contributed by atoms with Crippen LogP contribution in [0.4, 0.5) is 0 Å². The molecule has 13 heavy (non-hydrogen) atoms. The fourth-order valence-corrected chi connectivity index (χ4v) is 1.29. The van der Waals surface area contributed by atoms with Gasteiger partial charge in [0.15, 0.2) is 0 Å². The summed E-state index contributed by atoms with van der Waals surface area (Å²) in [6, 6.07) is 3.92.